The number of ether oxygens (including phenoxy) is 1. The van der Waals surface area contributed by atoms with Crippen molar-refractivity contribution < 1.29 is 4.74 Å². The summed E-state index contributed by atoms with van der Waals surface area (Å²) >= 11 is 1.80. The van der Waals surface area contributed by atoms with Crippen LogP contribution in [0.1, 0.15) is 13.8 Å². The van der Waals surface area contributed by atoms with Crippen molar-refractivity contribution in [3.63, 3.8) is 0 Å². The SMILES string of the molecule is CCOc1ncnc(N(C)C(C)CSC)c1N. The molecule has 2 N–H and O–H groups in total. The zero-order valence-corrected chi connectivity index (χ0v) is 11.6. The topological polar surface area (TPSA) is 64.3 Å². The average Bonchev–Trinajstić information content (AvgIpc) is 2.31. The second-order valence-electron chi connectivity index (χ2n) is 3.76. The lowest BCUT2D eigenvalue weighted by Crippen LogP contribution is -2.32. The molecule has 1 heterocycles. The van der Waals surface area contributed by atoms with Gasteiger partial charge in [-0.1, -0.05) is 0 Å². The molecule has 17 heavy (non-hydrogen) atoms. The van der Waals surface area contributed by atoms with Crippen LogP contribution in [0.15, 0.2) is 6.33 Å². The highest BCUT2D eigenvalue weighted by Gasteiger charge is 2.16. The first kappa shape index (κ1) is 13.9. The van der Waals surface area contributed by atoms with Crippen LogP contribution in [0.5, 0.6) is 5.88 Å². The van der Waals surface area contributed by atoms with Crippen molar-refractivity contribution in [3.8, 4) is 5.88 Å². The van der Waals surface area contributed by atoms with E-state index in [-0.39, 0.29) is 0 Å². The van der Waals surface area contributed by atoms with Crippen LogP contribution in [0.3, 0.4) is 0 Å². The Morgan fingerprint density at radius 1 is 1.53 bits per heavy atom. The number of nitrogens with zero attached hydrogens (tertiary/aromatic N) is 3. The molecule has 5 nitrogen and oxygen atoms in total. The third kappa shape index (κ3) is 3.39. The van der Waals surface area contributed by atoms with Crippen LogP contribution >= 0.6 is 11.8 Å². The summed E-state index contributed by atoms with van der Waals surface area (Å²) in [6, 6.07) is 0.358. The van der Waals surface area contributed by atoms with Crippen LogP contribution in [0.4, 0.5) is 11.5 Å². The fourth-order valence-corrected chi connectivity index (χ4v) is 2.17. The molecule has 0 amide bonds. The van der Waals surface area contributed by atoms with E-state index in [9.17, 15) is 0 Å². The quantitative estimate of drug-likeness (QED) is 0.835. The first-order chi connectivity index (χ1) is 8.11. The minimum atomic E-state index is 0.358. The van der Waals surface area contributed by atoms with Gasteiger partial charge in [-0.05, 0) is 20.1 Å². The fourth-order valence-electron chi connectivity index (χ4n) is 1.47. The van der Waals surface area contributed by atoms with Crippen molar-refractivity contribution in [1.82, 2.24) is 9.97 Å². The maximum absolute atomic E-state index is 6.01. The first-order valence-corrected chi connectivity index (χ1v) is 6.96. The van der Waals surface area contributed by atoms with Gasteiger partial charge >= 0.3 is 0 Å². The highest BCUT2D eigenvalue weighted by molar-refractivity contribution is 7.98. The predicted molar refractivity (Wildman–Crippen MR) is 73.9 cm³/mol. The van der Waals surface area contributed by atoms with Crippen LogP contribution in [-0.2, 0) is 0 Å². The van der Waals surface area contributed by atoms with Gasteiger partial charge in [-0.3, -0.25) is 0 Å². The van der Waals surface area contributed by atoms with E-state index < -0.39 is 0 Å². The number of rotatable bonds is 6. The lowest BCUT2D eigenvalue weighted by atomic mass is 10.3. The van der Waals surface area contributed by atoms with Gasteiger partial charge in [0.1, 0.15) is 12.0 Å². The van der Waals surface area contributed by atoms with Gasteiger partial charge in [-0.2, -0.15) is 16.7 Å². The van der Waals surface area contributed by atoms with Crippen LogP contribution in [-0.4, -0.2) is 41.7 Å². The summed E-state index contributed by atoms with van der Waals surface area (Å²) in [7, 11) is 1.98. The molecule has 0 radical (unpaired) electrons. The van der Waals surface area contributed by atoms with E-state index in [1.165, 1.54) is 6.33 Å². The summed E-state index contributed by atoms with van der Waals surface area (Å²) in [4.78, 5) is 10.3. The van der Waals surface area contributed by atoms with Gasteiger partial charge in [0.2, 0.25) is 5.88 Å². The van der Waals surface area contributed by atoms with Gasteiger partial charge in [0.15, 0.2) is 5.82 Å². The van der Waals surface area contributed by atoms with E-state index in [0.29, 0.717) is 24.2 Å². The van der Waals surface area contributed by atoms with E-state index in [1.54, 1.807) is 11.8 Å². The maximum atomic E-state index is 6.01. The molecular formula is C11H20N4OS. The Morgan fingerprint density at radius 3 is 2.82 bits per heavy atom. The molecule has 1 aromatic heterocycles. The van der Waals surface area contributed by atoms with E-state index in [0.717, 1.165) is 11.6 Å². The zero-order valence-electron chi connectivity index (χ0n) is 10.8. The summed E-state index contributed by atoms with van der Waals surface area (Å²) in [5, 5.41) is 0. The Hall–Kier alpha value is -1.17. The Kier molecular flexibility index (Phi) is 5.34. The monoisotopic (exact) mass is 256 g/mol. The summed E-state index contributed by atoms with van der Waals surface area (Å²) in [6.07, 6.45) is 3.57. The smallest absolute Gasteiger partial charge is 0.242 e. The zero-order chi connectivity index (χ0) is 12.8. The molecule has 1 aromatic rings. The van der Waals surface area contributed by atoms with E-state index in [1.807, 2.05) is 14.0 Å². The van der Waals surface area contributed by atoms with Crippen LogP contribution < -0.4 is 15.4 Å². The number of aromatic nitrogens is 2. The Bertz CT molecular complexity index is 361. The van der Waals surface area contributed by atoms with Gasteiger partial charge in [-0.25, -0.2) is 4.98 Å². The largest absolute Gasteiger partial charge is 0.476 e. The van der Waals surface area contributed by atoms with Crippen molar-refractivity contribution in [3.05, 3.63) is 6.33 Å². The average molecular weight is 256 g/mol. The van der Waals surface area contributed by atoms with Gasteiger partial charge in [0.25, 0.3) is 0 Å². The van der Waals surface area contributed by atoms with Crippen molar-refractivity contribution in [2.24, 2.45) is 0 Å². The molecule has 96 valence electrons. The molecule has 0 aliphatic carbocycles. The molecule has 0 saturated heterocycles. The van der Waals surface area contributed by atoms with E-state index in [4.69, 9.17) is 10.5 Å². The normalized spacial score (nSPS) is 12.2. The van der Waals surface area contributed by atoms with Crippen molar-refractivity contribution >= 4 is 23.3 Å². The maximum Gasteiger partial charge on any atom is 0.242 e. The number of anilines is 2. The van der Waals surface area contributed by atoms with Gasteiger partial charge in [0, 0.05) is 18.8 Å². The number of nitrogen functional groups attached to an aromatic ring is 1. The second-order valence-corrected chi connectivity index (χ2v) is 4.68. The van der Waals surface area contributed by atoms with E-state index in [2.05, 4.69) is 28.0 Å². The highest BCUT2D eigenvalue weighted by atomic mass is 32.2. The van der Waals surface area contributed by atoms with Crippen LogP contribution in [0, 0.1) is 0 Å². The lowest BCUT2D eigenvalue weighted by Gasteiger charge is -2.26. The van der Waals surface area contributed by atoms with Gasteiger partial charge in [0.05, 0.1) is 6.61 Å². The Morgan fingerprint density at radius 2 is 2.24 bits per heavy atom. The van der Waals surface area contributed by atoms with Gasteiger partial charge < -0.3 is 15.4 Å². The number of nitrogens with two attached hydrogens (primary N) is 1. The third-order valence-electron chi connectivity index (χ3n) is 2.51. The molecular weight excluding hydrogens is 236 g/mol. The Labute approximate surface area is 107 Å². The molecule has 1 atom stereocenters. The molecule has 0 aliphatic heterocycles. The summed E-state index contributed by atoms with van der Waals surface area (Å²) in [5.41, 5.74) is 6.51. The molecule has 0 fully saturated rings. The second kappa shape index (κ2) is 6.54. The highest BCUT2D eigenvalue weighted by Crippen LogP contribution is 2.28. The Balaban J connectivity index is 2.93. The molecule has 0 bridgehead atoms. The van der Waals surface area contributed by atoms with Crippen molar-refractivity contribution in [2.45, 2.75) is 19.9 Å². The number of hydrogen-bond acceptors (Lipinski definition) is 6. The molecule has 1 rings (SSSR count). The predicted octanol–water partition coefficient (Wildman–Crippen LogP) is 1.65. The van der Waals surface area contributed by atoms with E-state index >= 15 is 0 Å². The third-order valence-corrected chi connectivity index (χ3v) is 3.33. The van der Waals surface area contributed by atoms with Gasteiger partial charge in [-0.15, -0.1) is 0 Å². The number of hydrogen-bond donors (Lipinski definition) is 1. The van der Waals surface area contributed by atoms with Crippen LogP contribution in [0.25, 0.3) is 0 Å². The lowest BCUT2D eigenvalue weighted by molar-refractivity contribution is 0.328. The number of thioether (sulfide) groups is 1. The minimum Gasteiger partial charge on any atom is -0.476 e. The minimum absolute atomic E-state index is 0.358. The summed E-state index contributed by atoms with van der Waals surface area (Å²) < 4.78 is 5.36. The first-order valence-electron chi connectivity index (χ1n) is 5.56. The van der Waals surface area contributed by atoms with Crippen molar-refractivity contribution in [2.75, 3.05) is 36.3 Å². The van der Waals surface area contributed by atoms with Crippen LogP contribution in [0.2, 0.25) is 0 Å². The molecule has 0 aliphatic rings. The molecule has 0 spiro atoms. The van der Waals surface area contributed by atoms with Crippen molar-refractivity contribution in [1.29, 1.82) is 0 Å². The fraction of sp³-hybridized carbons (Fsp3) is 0.636. The molecule has 1 unspecified atom stereocenters. The molecule has 6 heteroatoms. The summed E-state index contributed by atoms with van der Waals surface area (Å²) in [5.74, 6) is 2.20. The standard InChI is InChI=1S/C11H20N4OS/c1-5-16-11-9(12)10(13-7-14-11)15(3)8(2)6-17-4/h7-8H,5-6,12H2,1-4H3. The summed E-state index contributed by atoms with van der Waals surface area (Å²) in [6.45, 7) is 4.59. The molecule has 0 saturated carbocycles. The molecule has 0 aromatic carbocycles.